The molecule has 0 aliphatic heterocycles. The van der Waals surface area contributed by atoms with E-state index in [4.69, 9.17) is 10.00 Å². The second-order valence-electron chi connectivity index (χ2n) is 3.09. The van der Waals surface area contributed by atoms with E-state index >= 15 is 0 Å². The topological polar surface area (TPSA) is 50.1 Å². The third-order valence-electron chi connectivity index (χ3n) is 1.84. The summed E-state index contributed by atoms with van der Waals surface area (Å²) in [4.78, 5) is 0. The van der Waals surface area contributed by atoms with Crippen molar-refractivity contribution < 1.29 is 8.95 Å². The highest BCUT2D eigenvalue weighted by Gasteiger charge is 2.01. The summed E-state index contributed by atoms with van der Waals surface area (Å²) >= 11 is 0. The molecule has 15 heavy (non-hydrogen) atoms. The number of hydrogen-bond donors (Lipinski definition) is 0. The summed E-state index contributed by atoms with van der Waals surface area (Å²) in [7, 11) is -0.776. The molecule has 0 aliphatic rings. The fourth-order valence-electron chi connectivity index (χ4n) is 1.13. The Bertz CT molecular complexity index is 384. The first-order valence-electron chi connectivity index (χ1n) is 4.66. The number of para-hydroxylation sites is 1. The van der Waals surface area contributed by atoms with E-state index in [0.717, 1.165) is 6.42 Å². The van der Waals surface area contributed by atoms with E-state index in [1.54, 1.807) is 24.5 Å². The molecule has 1 rings (SSSR count). The van der Waals surface area contributed by atoms with Crippen molar-refractivity contribution in [3.63, 3.8) is 0 Å². The molecule has 1 aromatic rings. The smallest absolute Gasteiger partial charge is 0.137 e. The summed E-state index contributed by atoms with van der Waals surface area (Å²) in [6, 6.07) is 9.17. The average Bonchev–Trinajstić information content (AvgIpc) is 2.24. The zero-order valence-corrected chi connectivity index (χ0v) is 9.42. The zero-order valence-electron chi connectivity index (χ0n) is 8.60. The van der Waals surface area contributed by atoms with Gasteiger partial charge in [0, 0.05) is 22.8 Å². The molecule has 80 valence electrons. The van der Waals surface area contributed by atoms with Crippen LogP contribution in [-0.4, -0.2) is 22.8 Å². The molecule has 3 nitrogen and oxygen atoms in total. The Morgan fingerprint density at radius 2 is 2.20 bits per heavy atom. The predicted molar refractivity (Wildman–Crippen MR) is 60.2 cm³/mol. The lowest BCUT2D eigenvalue weighted by molar-refractivity contribution is 0.317. The van der Waals surface area contributed by atoms with Crippen molar-refractivity contribution in [1.82, 2.24) is 0 Å². The number of nitrogens with zero attached hydrogens (tertiary/aromatic N) is 1. The lowest BCUT2D eigenvalue weighted by Crippen LogP contribution is -2.04. The van der Waals surface area contributed by atoms with Crippen molar-refractivity contribution in [3.8, 4) is 11.8 Å². The second kappa shape index (κ2) is 6.20. The molecule has 0 saturated heterocycles. The van der Waals surface area contributed by atoms with E-state index < -0.39 is 10.8 Å². The number of rotatable bonds is 5. The van der Waals surface area contributed by atoms with Gasteiger partial charge < -0.3 is 4.74 Å². The van der Waals surface area contributed by atoms with Crippen molar-refractivity contribution in [2.24, 2.45) is 0 Å². The summed E-state index contributed by atoms with van der Waals surface area (Å²) in [6.45, 7) is 0.498. The van der Waals surface area contributed by atoms with Crippen LogP contribution < -0.4 is 4.74 Å². The Balaban J connectivity index is 2.44. The maximum absolute atomic E-state index is 10.8. The standard InChI is InChI=1S/C11H13NO2S/c1-15(13)8-4-7-14-11-6-3-2-5-10(11)9-12/h2-3,5-6H,4,7-8H2,1H3. The normalized spacial score (nSPS) is 11.7. The zero-order chi connectivity index (χ0) is 11.1. The van der Waals surface area contributed by atoms with Crippen LogP contribution >= 0.6 is 0 Å². The molecule has 0 amide bonds. The third kappa shape index (κ3) is 4.13. The van der Waals surface area contributed by atoms with Crippen molar-refractivity contribution in [1.29, 1.82) is 5.26 Å². The molecule has 1 aromatic carbocycles. The van der Waals surface area contributed by atoms with Crippen molar-refractivity contribution >= 4 is 10.8 Å². The molecule has 0 spiro atoms. The van der Waals surface area contributed by atoms with Gasteiger partial charge in [-0.1, -0.05) is 12.1 Å². The Morgan fingerprint density at radius 3 is 2.87 bits per heavy atom. The molecular formula is C11H13NO2S. The molecule has 0 radical (unpaired) electrons. The molecule has 0 saturated carbocycles. The molecule has 1 unspecified atom stereocenters. The largest absolute Gasteiger partial charge is 0.492 e. The summed E-state index contributed by atoms with van der Waals surface area (Å²) < 4.78 is 16.2. The van der Waals surface area contributed by atoms with Crippen LogP contribution in [0.25, 0.3) is 0 Å². The summed E-state index contributed by atoms with van der Waals surface area (Å²) in [5.41, 5.74) is 0.537. The summed E-state index contributed by atoms with van der Waals surface area (Å²) in [5.74, 6) is 1.23. The van der Waals surface area contributed by atoms with Gasteiger partial charge in [0.25, 0.3) is 0 Å². The fraction of sp³-hybridized carbons (Fsp3) is 0.364. The van der Waals surface area contributed by atoms with Gasteiger partial charge in [-0.25, -0.2) is 0 Å². The van der Waals surface area contributed by atoms with E-state index in [9.17, 15) is 4.21 Å². The van der Waals surface area contributed by atoms with Crippen molar-refractivity contribution in [2.75, 3.05) is 18.6 Å². The first kappa shape index (κ1) is 11.7. The molecule has 0 aliphatic carbocycles. The first-order valence-corrected chi connectivity index (χ1v) is 6.38. The Hall–Kier alpha value is -1.34. The minimum absolute atomic E-state index is 0.498. The Morgan fingerprint density at radius 1 is 1.47 bits per heavy atom. The monoisotopic (exact) mass is 223 g/mol. The van der Waals surface area contributed by atoms with Crippen LogP contribution in [0.4, 0.5) is 0 Å². The highest BCUT2D eigenvalue weighted by atomic mass is 32.2. The quantitative estimate of drug-likeness (QED) is 0.714. The molecule has 4 heteroatoms. The summed E-state index contributed by atoms with van der Waals surface area (Å²) in [5, 5.41) is 8.78. The van der Waals surface area contributed by atoms with Gasteiger partial charge in [-0.3, -0.25) is 4.21 Å². The summed E-state index contributed by atoms with van der Waals surface area (Å²) in [6.07, 6.45) is 2.41. The lowest BCUT2D eigenvalue weighted by Gasteiger charge is -2.06. The number of hydrogen-bond acceptors (Lipinski definition) is 3. The van der Waals surface area contributed by atoms with E-state index in [2.05, 4.69) is 6.07 Å². The predicted octanol–water partition coefficient (Wildman–Crippen LogP) is 1.71. The van der Waals surface area contributed by atoms with Gasteiger partial charge in [-0.05, 0) is 18.6 Å². The van der Waals surface area contributed by atoms with Gasteiger partial charge >= 0.3 is 0 Å². The molecule has 0 N–H and O–H groups in total. The van der Waals surface area contributed by atoms with Gasteiger partial charge in [-0.15, -0.1) is 0 Å². The Labute approximate surface area is 92.1 Å². The SMILES string of the molecule is CS(=O)CCCOc1ccccc1C#N. The minimum atomic E-state index is -0.776. The van der Waals surface area contributed by atoms with Gasteiger partial charge in [0.05, 0.1) is 12.2 Å². The van der Waals surface area contributed by atoms with Gasteiger partial charge in [0.1, 0.15) is 11.8 Å². The van der Waals surface area contributed by atoms with E-state index in [-0.39, 0.29) is 0 Å². The third-order valence-corrected chi connectivity index (χ3v) is 2.70. The molecule has 0 heterocycles. The van der Waals surface area contributed by atoms with E-state index in [1.165, 1.54) is 0 Å². The maximum Gasteiger partial charge on any atom is 0.137 e. The van der Waals surface area contributed by atoms with Crippen LogP contribution in [0, 0.1) is 11.3 Å². The van der Waals surface area contributed by atoms with Crippen LogP contribution in [0.3, 0.4) is 0 Å². The van der Waals surface area contributed by atoms with Crippen LogP contribution in [0.1, 0.15) is 12.0 Å². The van der Waals surface area contributed by atoms with Gasteiger partial charge in [-0.2, -0.15) is 5.26 Å². The highest BCUT2D eigenvalue weighted by Crippen LogP contribution is 2.16. The number of nitriles is 1. The molecule has 0 bridgehead atoms. The van der Waals surface area contributed by atoms with Crippen LogP contribution in [0.5, 0.6) is 5.75 Å². The molecule has 1 atom stereocenters. The van der Waals surface area contributed by atoms with Gasteiger partial charge in [0.15, 0.2) is 0 Å². The molecule has 0 aromatic heterocycles. The maximum atomic E-state index is 10.8. The minimum Gasteiger partial charge on any atom is -0.492 e. The van der Waals surface area contributed by atoms with Crippen LogP contribution in [0.15, 0.2) is 24.3 Å². The fourth-order valence-corrected chi connectivity index (χ4v) is 1.65. The highest BCUT2D eigenvalue weighted by molar-refractivity contribution is 7.84. The lowest BCUT2D eigenvalue weighted by atomic mass is 10.2. The van der Waals surface area contributed by atoms with Gasteiger partial charge in [0.2, 0.25) is 0 Å². The first-order chi connectivity index (χ1) is 7.24. The second-order valence-corrected chi connectivity index (χ2v) is 4.64. The number of ether oxygens (including phenoxy) is 1. The van der Waals surface area contributed by atoms with E-state index in [0.29, 0.717) is 23.7 Å². The molecular weight excluding hydrogens is 210 g/mol. The van der Waals surface area contributed by atoms with Crippen LogP contribution in [-0.2, 0) is 10.8 Å². The molecule has 0 fully saturated rings. The average molecular weight is 223 g/mol. The van der Waals surface area contributed by atoms with Crippen molar-refractivity contribution in [2.45, 2.75) is 6.42 Å². The number of benzene rings is 1. The Kier molecular flexibility index (Phi) is 4.85. The van der Waals surface area contributed by atoms with E-state index in [1.807, 2.05) is 6.07 Å². The van der Waals surface area contributed by atoms with Crippen LogP contribution in [0.2, 0.25) is 0 Å². The van der Waals surface area contributed by atoms with Crippen molar-refractivity contribution in [3.05, 3.63) is 29.8 Å².